The molecule has 0 bridgehead atoms. The number of nitrogens with zero attached hydrogens (tertiary/aromatic N) is 1. The van der Waals surface area contributed by atoms with E-state index in [1.807, 2.05) is 6.07 Å². The zero-order valence-electron chi connectivity index (χ0n) is 10.3. The minimum atomic E-state index is -1.89. The molecule has 1 unspecified atom stereocenters. The molecule has 0 fully saturated rings. The van der Waals surface area contributed by atoms with Gasteiger partial charge in [-0.2, -0.15) is 5.26 Å². The van der Waals surface area contributed by atoms with Crippen molar-refractivity contribution in [2.45, 2.75) is 10.6 Å². The summed E-state index contributed by atoms with van der Waals surface area (Å²) in [5.41, 5.74) is 6.21. The van der Waals surface area contributed by atoms with Gasteiger partial charge in [0.15, 0.2) is 0 Å². The van der Waals surface area contributed by atoms with E-state index in [1.54, 1.807) is 18.2 Å². The summed E-state index contributed by atoms with van der Waals surface area (Å²) < 4.78 is 39.4. The highest BCUT2D eigenvalue weighted by Crippen LogP contribution is 2.22. The number of benzene rings is 2. The molecule has 0 heterocycles. The first-order valence-corrected chi connectivity index (χ1v) is 6.95. The van der Waals surface area contributed by atoms with E-state index in [0.717, 1.165) is 12.1 Å². The lowest BCUT2D eigenvalue weighted by Crippen LogP contribution is -2.04. The van der Waals surface area contributed by atoms with E-state index in [2.05, 4.69) is 0 Å². The van der Waals surface area contributed by atoms with Crippen LogP contribution in [-0.4, -0.2) is 4.21 Å². The van der Waals surface area contributed by atoms with Crippen LogP contribution in [0.5, 0.6) is 0 Å². The summed E-state index contributed by atoms with van der Waals surface area (Å²) >= 11 is 0. The Morgan fingerprint density at radius 3 is 2.45 bits per heavy atom. The predicted octanol–water partition coefficient (Wildman–Crippen LogP) is 2.73. The molecule has 0 saturated carbocycles. The van der Waals surface area contributed by atoms with Gasteiger partial charge in [0.2, 0.25) is 0 Å². The highest BCUT2D eigenvalue weighted by Gasteiger charge is 2.17. The SMILES string of the molecule is N#Cc1cccc(CS(=O)c2c(F)cc(N)cc2F)c1. The third-order valence-corrected chi connectivity index (χ3v) is 4.04. The fourth-order valence-electron chi connectivity index (χ4n) is 1.75. The number of rotatable bonds is 3. The molecule has 0 aliphatic heterocycles. The van der Waals surface area contributed by atoms with E-state index >= 15 is 0 Å². The number of nitrogens with two attached hydrogens (primary N) is 1. The van der Waals surface area contributed by atoms with Gasteiger partial charge in [-0.1, -0.05) is 12.1 Å². The number of nitriles is 1. The molecule has 2 N–H and O–H groups in total. The highest BCUT2D eigenvalue weighted by molar-refractivity contribution is 7.84. The molecule has 0 aromatic heterocycles. The molecule has 1 atom stereocenters. The summed E-state index contributed by atoms with van der Waals surface area (Å²) in [4.78, 5) is -0.499. The average molecular weight is 292 g/mol. The van der Waals surface area contributed by atoms with Crippen LogP contribution in [0.3, 0.4) is 0 Å². The lowest BCUT2D eigenvalue weighted by molar-refractivity contribution is 0.535. The Morgan fingerprint density at radius 2 is 1.85 bits per heavy atom. The summed E-state index contributed by atoms with van der Waals surface area (Å²) in [6.45, 7) is 0. The van der Waals surface area contributed by atoms with E-state index in [9.17, 15) is 13.0 Å². The van der Waals surface area contributed by atoms with Gasteiger partial charge in [0.05, 0.1) is 28.2 Å². The quantitative estimate of drug-likeness (QED) is 0.884. The molecule has 0 aliphatic carbocycles. The Morgan fingerprint density at radius 1 is 1.20 bits per heavy atom. The average Bonchev–Trinajstić information content (AvgIpc) is 2.37. The molecule has 2 aromatic rings. The molecule has 2 rings (SSSR count). The second-order valence-corrected chi connectivity index (χ2v) is 5.50. The van der Waals surface area contributed by atoms with Crippen molar-refractivity contribution in [1.29, 1.82) is 5.26 Å². The molecular formula is C14H10F2N2OS. The molecule has 0 saturated heterocycles. The van der Waals surface area contributed by atoms with Crippen molar-refractivity contribution in [3.05, 3.63) is 59.2 Å². The first-order chi connectivity index (χ1) is 9.51. The van der Waals surface area contributed by atoms with Gasteiger partial charge >= 0.3 is 0 Å². The van der Waals surface area contributed by atoms with Gasteiger partial charge in [-0.05, 0) is 29.8 Å². The molecule has 6 heteroatoms. The molecule has 2 aromatic carbocycles. The zero-order chi connectivity index (χ0) is 14.7. The fraction of sp³-hybridized carbons (Fsp3) is 0.0714. The number of halogens is 2. The minimum Gasteiger partial charge on any atom is -0.399 e. The Labute approximate surface area is 117 Å². The van der Waals surface area contributed by atoms with Gasteiger partial charge in [0.25, 0.3) is 0 Å². The van der Waals surface area contributed by atoms with E-state index in [1.165, 1.54) is 6.07 Å². The Bertz CT molecular complexity index is 702. The fourth-order valence-corrected chi connectivity index (χ4v) is 2.93. The van der Waals surface area contributed by atoms with Crippen molar-refractivity contribution in [2.75, 3.05) is 5.73 Å². The van der Waals surface area contributed by atoms with Gasteiger partial charge in [-0.25, -0.2) is 8.78 Å². The summed E-state index contributed by atoms with van der Waals surface area (Å²) in [5, 5.41) is 8.77. The van der Waals surface area contributed by atoms with Crippen LogP contribution in [0.2, 0.25) is 0 Å². The van der Waals surface area contributed by atoms with E-state index < -0.39 is 27.3 Å². The summed E-state index contributed by atoms with van der Waals surface area (Å²) in [7, 11) is -1.89. The number of hydrogen-bond donors (Lipinski definition) is 1. The minimum absolute atomic E-state index is 0.0628. The van der Waals surface area contributed by atoms with Crippen molar-refractivity contribution in [1.82, 2.24) is 0 Å². The van der Waals surface area contributed by atoms with E-state index in [-0.39, 0.29) is 11.4 Å². The molecule has 0 amide bonds. The second-order valence-electron chi connectivity index (χ2n) is 4.12. The first-order valence-electron chi connectivity index (χ1n) is 5.63. The number of hydrogen-bond acceptors (Lipinski definition) is 3. The van der Waals surface area contributed by atoms with Crippen molar-refractivity contribution in [3.8, 4) is 6.07 Å². The van der Waals surface area contributed by atoms with Crippen LogP contribution >= 0.6 is 0 Å². The summed E-state index contributed by atoms with van der Waals surface area (Å²) in [6, 6.07) is 10.2. The van der Waals surface area contributed by atoms with Gasteiger partial charge < -0.3 is 5.73 Å². The van der Waals surface area contributed by atoms with Crippen LogP contribution in [0.25, 0.3) is 0 Å². The number of nitrogen functional groups attached to an aromatic ring is 1. The standard InChI is InChI=1S/C14H10F2N2OS/c15-12-5-11(18)6-13(16)14(12)20(19)8-10-3-1-2-9(4-10)7-17/h1-6H,8,18H2. The molecule has 0 aliphatic rings. The van der Waals surface area contributed by atoms with Crippen LogP contribution in [0.4, 0.5) is 14.5 Å². The predicted molar refractivity (Wildman–Crippen MR) is 72.0 cm³/mol. The largest absolute Gasteiger partial charge is 0.399 e. The second kappa shape index (κ2) is 5.80. The summed E-state index contributed by atoms with van der Waals surface area (Å²) in [5.74, 6) is -1.94. The normalized spacial score (nSPS) is 11.8. The van der Waals surface area contributed by atoms with Crippen LogP contribution in [0.1, 0.15) is 11.1 Å². The summed E-state index contributed by atoms with van der Waals surface area (Å²) in [6.07, 6.45) is 0. The van der Waals surface area contributed by atoms with Gasteiger partial charge in [0, 0.05) is 5.69 Å². The molecule has 102 valence electrons. The van der Waals surface area contributed by atoms with Crippen molar-refractivity contribution >= 4 is 16.5 Å². The van der Waals surface area contributed by atoms with Crippen LogP contribution in [-0.2, 0) is 16.6 Å². The highest BCUT2D eigenvalue weighted by atomic mass is 32.2. The Hall–Kier alpha value is -2.26. The zero-order valence-corrected chi connectivity index (χ0v) is 11.1. The van der Waals surface area contributed by atoms with Gasteiger partial charge in [0.1, 0.15) is 16.5 Å². The maximum Gasteiger partial charge on any atom is 0.144 e. The number of anilines is 1. The van der Waals surface area contributed by atoms with Crippen molar-refractivity contribution < 1.29 is 13.0 Å². The maximum atomic E-state index is 13.6. The Kier molecular flexibility index (Phi) is 4.11. The van der Waals surface area contributed by atoms with E-state index in [0.29, 0.717) is 11.1 Å². The smallest absolute Gasteiger partial charge is 0.144 e. The maximum absolute atomic E-state index is 13.6. The van der Waals surface area contributed by atoms with Gasteiger partial charge in [-0.3, -0.25) is 4.21 Å². The third-order valence-electron chi connectivity index (χ3n) is 2.60. The monoisotopic (exact) mass is 292 g/mol. The van der Waals surface area contributed by atoms with Crippen LogP contribution < -0.4 is 5.73 Å². The molecule has 0 radical (unpaired) electrons. The van der Waals surface area contributed by atoms with Crippen LogP contribution in [0, 0.1) is 23.0 Å². The molecule has 3 nitrogen and oxygen atoms in total. The Balaban J connectivity index is 2.31. The molecule has 0 spiro atoms. The molecule has 20 heavy (non-hydrogen) atoms. The first kappa shape index (κ1) is 14.2. The van der Waals surface area contributed by atoms with E-state index in [4.69, 9.17) is 11.0 Å². The van der Waals surface area contributed by atoms with Crippen LogP contribution in [0.15, 0.2) is 41.3 Å². The topological polar surface area (TPSA) is 66.9 Å². The lowest BCUT2D eigenvalue weighted by Gasteiger charge is -2.07. The lowest BCUT2D eigenvalue weighted by atomic mass is 10.2. The van der Waals surface area contributed by atoms with Crippen molar-refractivity contribution in [2.24, 2.45) is 0 Å². The third kappa shape index (κ3) is 3.00. The molecular weight excluding hydrogens is 282 g/mol. The van der Waals surface area contributed by atoms with Crippen molar-refractivity contribution in [3.63, 3.8) is 0 Å². The van der Waals surface area contributed by atoms with Gasteiger partial charge in [-0.15, -0.1) is 0 Å².